The Balaban J connectivity index is 1.48. The molecule has 168 valence electrons. The molecule has 2 aromatic carbocycles. The van der Waals surface area contributed by atoms with Gasteiger partial charge < -0.3 is 15.1 Å². The third-order valence-corrected chi connectivity index (χ3v) is 5.88. The maximum atomic E-state index is 12.8. The van der Waals surface area contributed by atoms with Crippen molar-refractivity contribution in [3.63, 3.8) is 0 Å². The molecule has 1 N–H and O–H groups in total. The van der Waals surface area contributed by atoms with Crippen LogP contribution < -0.4 is 10.2 Å². The number of nitrogens with zero attached hydrogens (tertiary/aromatic N) is 5. The topological polar surface area (TPSA) is 85.2 Å². The van der Waals surface area contributed by atoms with Gasteiger partial charge in [0, 0.05) is 49.5 Å². The summed E-state index contributed by atoms with van der Waals surface area (Å²) in [4.78, 5) is 26.4. The quantitative estimate of drug-likeness (QED) is 0.654. The van der Waals surface area contributed by atoms with Gasteiger partial charge in [0.05, 0.1) is 11.6 Å². The van der Waals surface area contributed by atoms with E-state index in [1.165, 1.54) is 5.56 Å². The number of carbonyl (C=O) groups is 1. The molecule has 1 aliphatic heterocycles. The Morgan fingerprint density at radius 2 is 1.76 bits per heavy atom. The van der Waals surface area contributed by atoms with Gasteiger partial charge in [-0.2, -0.15) is 5.26 Å². The molecule has 1 aliphatic rings. The normalized spacial score (nSPS) is 13.8. The molecule has 0 atom stereocenters. The molecule has 2 heterocycles. The number of nitrogens with one attached hydrogen (secondary N) is 1. The van der Waals surface area contributed by atoms with Crippen molar-refractivity contribution in [2.24, 2.45) is 0 Å². The van der Waals surface area contributed by atoms with E-state index in [1.54, 1.807) is 24.3 Å². The minimum absolute atomic E-state index is 0.124. The number of nitriles is 1. The highest BCUT2D eigenvalue weighted by molar-refractivity contribution is 5.89. The predicted molar refractivity (Wildman–Crippen MR) is 129 cm³/mol. The van der Waals surface area contributed by atoms with Gasteiger partial charge in [0.1, 0.15) is 11.6 Å². The Hall–Kier alpha value is -3.92. The highest BCUT2D eigenvalue weighted by Gasteiger charge is 2.23. The molecule has 1 aromatic heterocycles. The van der Waals surface area contributed by atoms with Gasteiger partial charge in [0.15, 0.2) is 0 Å². The number of benzene rings is 2. The van der Waals surface area contributed by atoms with Crippen LogP contribution in [0.2, 0.25) is 0 Å². The fourth-order valence-electron chi connectivity index (χ4n) is 4.15. The van der Waals surface area contributed by atoms with E-state index in [1.807, 2.05) is 24.8 Å². The standard InChI is InChI=1S/C26H28N6O/c1-19-24(17-21-7-4-3-5-8-21)25(29-20(2)28-19)31-13-6-14-32(16-15-31)26(33)30-23-11-9-22(18-27)10-12-23/h3-5,7-12H,6,13-17H2,1-2H3,(H,30,33). The summed E-state index contributed by atoms with van der Waals surface area (Å²) in [5, 5.41) is 11.9. The van der Waals surface area contributed by atoms with Crippen LogP contribution >= 0.6 is 0 Å². The van der Waals surface area contributed by atoms with Crippen LogP contribution in [0.4, 0.5) is 16.3 Å². The van der Waals surface area contributed by atoms with Crippen molar-refractivity contribution in [3.8, 4) is 6.07 Å². The first-order valence-electron chi connectivity index (χ1n) is 11.2. The zero-order chi connectivity index (χ0) is 23.2. The summed E-state index contributed by atoms with van der Waals surface area (Å²) in [6, 6.07) is 19.3. The third kappa shape index (κ3) is 5.47. The van der Waals surface area contributed by atoms with E-state index in [0.717, 1.165) is 42.3 Å². The second-order valence-corrected chi connectivity index (χ2v) is 8.27. The van der Waals surface area contributed by atoms with Gasteiger partial charge in [-0.25, -0.2) is 14.8 Å². The van der Waals surface area contributed by atoms with Crippen molar-refractivity contribution >= 4 is 17.5 Å². The number of carbonyl (C=O) groups excluding carboxylic acids is 1. The van der Waals surface area contributed by atoms with E-state index in [0.29, 0.717) is 30.9 Å². The Kier molecular flexibility index (Phi) is 6.84. The summed E-state index contributed by atoms with van der Waals surface area (Å²) in [5.74, 6) is 1.73. The summed E-state index contributed by atoms with van der Waals surface area (Å²) in [5.41, 5.74) is 4.63. The number of aryl methyl sites for hydroxylation is 2. The van der Waals surface area contributed by atoms with Crippen LogP contribution in [-0.4, -0.2) is 47.1 Å². The maximum Gasteiger partial charge on any atom is 0.321 e. The average molecular weight is 441 g/mol. The van der Waals surface area contributed by atoms with E-state index in [4.69, 9.17) is 10.2 Å². The first-order chi connectivity index (χ1) is 16.0. The lowest BCUT2D eigenvalue weighted by atomic mass is 10.0. The smallest absolute Gasteiger partial charge is 0.321 e. The molecule has 7 nitrogen and oxygen atoms in total. The lowest BCUT2D eigenvalue weighted by molar-refractivity contribution is 0.215. The predicted octanol–water partition coefficient (Wildman–Crippen LogP) is 4.30. The van der Waals surface area contributed by atoms with E-state index >= 15 is 0 Å². The third-order valence-electron chi connectivity index (χ3n) is 5.88. The number of rotatable bonds is 4. The molecule has 1 fully saturated rings. The van der Waals surface area contributed by atoms with Crippen molar-refractivity contribution in [1.29, 1.82) is 5.26 Å². The Morgan fingerprint density at radius 1 is 1.00 bits per heavy atom. The molecule has 0 spiro atoms. The molecule has 1 saturated heterocycles. The molecule has 0 radical (unpaired) electrons. The number of amides is 2. The van der Waals surface area contributed by atoms with Crippen molar-refractivity contribution in [2.75, 3.05) is 36.4 Å². The molecule has 4 rings (SSSR count). The summed E-state index contributed by atoms with van der Waals surface area (Å²) in [6.45, 7) is 6.80. The molecule has 0 unspecified atom stereocenters. The Bertz CT molecular complexity index is 1150. The highest BCUT2D eigenvalue weighted by atomic mass is 16.2. The molecule has 0 bridgehead atoms. The second kappa shape index (κ2) is 10.1. The van der Waals surface area contributed by atoms with Crippen molar-refractivity contribution < 1.29 is 4.79 Å². The van der Waals surface area contributed by atoms with Gasteiger partial charge in [-0.15, -0.1) is 0 Å². The number of hydrogen-bond acceptors (Lipinski definition) is 5. The van der Waals surface area contributed by atoms with E-state index in [-0.39, 0.29) is 6.03 Å². The van der Waals surface area contributed by atoms with Crippen molar-refractivity contribution in [2.45, 2.75) is 26.7 Å². The summed E-state index contributed by atoms with van der Waals surface area (Å²) in [6.07, 6.45) is 1.63. The summed E-state index contributed by atoms with van der Waals surface area (Å²) in [7, 11) is 0. The highest BCUT2D eigenvalue weighted by Crippen LogP contribution is 2.25. The van der Waals surface area contributed by atoms with Crippen LogP contribution in [0, 0.1) is 25.2 Å². The number of anilines is 2. The molecular formula is C26H28N6O. The molecule has 0 aliphatic carbocycles. The number of hydrogen-bond donors (Lipinski definition) is 1. The molecule has 33 heavy (non-hydrogen) atoms. The molecule has 0 saturated carbocycles. The lowest BCUT2D eigenvalue weighted by Gasteiger charge is -2.26. The minimum Gasteiger partial charge on any atom is -0.354 e. The van der Waals surface area contributed by atoms with Gasteiger partial charge in [0.2, 0.25) is 0 Å². The monoisotopic (exact) mass is 440 g/mol. The summed E-state index contributed by atoms with van der Waals surface area (Å²) < 4.78 is 0. The first-order valence-corrected chi connectivity index (χ1v) is 11.2. The Labute approximate surface area is 194 Å². The lowest BCUT2D eigenvalue weighted by Crippen LogP contribution is -2.38. The van der Waals surface area contributed by atoms with Crippen LogP contribution in [0.5, 0.6) is 0 Å². The summed E-state index contributed by atoms with van der Waals surface area (Å²) >= 11 is 0. The van der Waals surface area contributed by atoms with Gasteiger partial charge >= 0.3 is 6.03 Å². The molecule has 7 heteroatoms. The zero-order valence-electron chi connectivity index (χ0n) is 19.1. The van der Waals surface area contributed by atoms with Gasteiger partial charge in [-0.05, 0) is 50.1 Å². The van der Waals surface area contributed by atoms with E-state index < -0.39 is 0 Å². The minimum atomic E-state index is -0.124. The maximum absolute atomic E-state index is 12.8. The number of aromatic nitrogens is 2. The SMILES string of the molecule is Cc1nc(C)c(Cc2ccccc2)c(N2CCCN(C(=O)Nc3ccc(C#N)cc3)CC2)n1. The molecular weight excluding hydrogens is 412 g/mol. The van der Waals surface area contributed by atoms with Crippen LogP contribution in [0.25, 0.3) is 0 Å². The molecule has 3 aromatic rings. The van der Waals surface area contributed by atoms with Crippen LogP contribution in [0.3, 0.4) is 0 Å². The average Bonchev–Trinajstić information content (AvgIpc) is 3.08. The van der Waals surface area contributed by atoms with E-state index in [2.05, 4.69) is 45.5 Å². The van der Waals surface area contributed by atoms with Gasteiger partial charge in [-0.1, -0.05) is 30.3 Å². The Morgan fingerprint density at radius 3 is 2.48 bits per heavy atom. The molecule has 2 amide bonds. The van der Waals surface area contributed by atoms with Crippen molar-refractivity contribution in [3.05, 3.63) is 82.8 Å². The van der Waals surface area contributed by atoms with Gasteiger partial charge in [-0.3, -0.25) is 0 Å². The van der Waals surface area contributed by atoms with Crippen LogP contribution in [-0.2, 0) is 6.42 Å². The van der Waals surface area contributed by atoms with Crippen LogP contribution in [0.15, 0.2) is 54.6 Å². The zero-order valence-corrected chi connectivity index (χ0v) is 19.1. The number of urea groups is 1. The van der Waals surface area contributed by atoms with Crippen LogP contribution in [0.1, 0.15) is 34.6 Å². The fourth-order valence-corrected chi connectivity index (χ4v) is 4.15. The second-order valence-electron chi connectivity index (χ2n) is 8.27. The first kappa shape index (κ1) is 22.3. The fraction of sp³-hybridized carbons (Fsp3) is 0.308. The van der Waals surface area contributed by atoms with E-state index in [9.17, 15) is 4.79 Å². The van der Waals surface area contributed by atoms with Gasteiger partial charge in [0.25, 0.3) is 0 Å². The largest absolute Gasteiger partial charge is 0.354 e. The van der Waals surface area contributed by atoms with Crippen molar-refractivity contribution in [1.82, 2.24) is 14.9 Å².